The molecule has 0 aliphatic carbocycles. The molecule has 0 atom stereocenters. The number of allylic oxidation sites excluding steroid dienone is 1. The quantitative estimate of drug-likeness (QED) is 0.786. The number of carbonyl (C=O) groups is 2. The van der Waals surface area contributed by atoms with Gasteiger partial charge in [0.1, 0.15) is 11.5 Å². The summed E-state index contributed by atoms with van der Waals surface area (Å²) in [5.41, 5.74) is 6.97. The van der Waals surface area contributed by atoms with E-state index in [4.69, 9.17) is 24.7 Å². The highest BCUT2D eigenvalue weighted by molar-refractivity contribution is 6.15. The van der Waals surface area contributed by atoms with Gasteiger partial charge in [0.15, 0.2) is 23.9 Å². The van der Waals surface area contributed by atoms with Crippen molar-refractivity contribution in [3.05, 3.63) is 52.8 Å². The average Bonchev–Trinajstić information content (AvgIpc) is 2.95. The molecule has 2 aromatic rings. The summed E-state index contributed by atoms with van der Waals surface area (Å²) in [4.78, 5) is 23.6. The van der Waals surface area contributed by atoms with Crippen LogP contribution in [0.15, 0.2) is 36.1 Å². The fourth-order valence-corrected chi connectivity index (χ4v) is 2.81. The fourth-order valence-electron chi connectivity index (χ4n) is 2.81. The van der Waals surface area contributed by atoms with E-state index in [2.05, 4.69) is 0 Å². The minimum atomic E-state index is -0.584. The third-order valence-corrected chi connectivity index (χ3v) is 4.03. The summed E-state index contributed by atoms with van der Waals surface area (Å²) in [6.45, 7) is 1.52. The van der Waals surface area contributed by atoms with Crippen molar-refractivity contribution < 1.29 is 28.5 Å². The molecule has 0 saturated carbocycles. The number of fused-ring (bicyclic) bond motifs is 1. The number of benzene rings is 2. The Kier molecular flexibility index (Phi) is 5.03. The van der Waals surface area contributed by atoms with Gasteiger partial charge in [0.2, 0.25) is 5.78 Å². The summed E-state index contributed by atoms with van der Waals surface area (Å²) < 4.78 is 21.5. The molecule has 1 heterocycles. The van der Waals surface area contributed by atoms with Crippen molar-refractivity contribution in [2.45, 2.75) is 6.92 Å². The van der Waals surface area contributed by atoms with Gasteiger partial charge in [-0.15, -0.1) is 0 Å². The summed E-state index contributed by atoms with van der Waals surface area (Å²) in [6.07, 6.45) is 1.63. The predicted octanol–water partition coefficient (Wildman–Crippen LogP) is 2.49. The van der Waals surface area contributed by atoms with Crippen LogP contribution in [0, 0.1) is 6.92 Å². The van der Waals surface area contributed by atoms with E-state index < -0.39 is 5.91 Å². The molecule has 3 rings (SSSR count). The molecule has 1 aliphatic rings. The average molecular weight is 369 g/mol. The zero-order valence-corrected chi connectivity index (χ0v) is 15.2. The molecular formula is C20H19NO6. The summed E-state index contributed by atoms with van der Waals surface area (Å²) in [5.74, 6) is 1.31. The van der Waals surface area contributed by atoms with E-state index in [1.54, 1.807) is 57.6 Å². The maximum absolute atomic E-state index is 12.7. The lowest BCUT2D eigenvalue weighted by molar-refractivity contribution is -0.119. The van der Waals surface area contributed by atoms with Gasteiger partial charge in [0, 0.05) is 6.07 Å². The minimum absolute atomic E-state index is 0.187. The largest absolute Gasteiger partial charge is 0.493 e. The molecule has 27 heavy (non-hydrogen) atoms. The van der Waals surface area contributed by atoms with Crippen molar-refractivity contribution in [2.75, 3.05) is 20.8 Å². The van der Waals surface area contributed by atoms with E-state index >= 15 is 0 Å². The van der Waals surface area contributed by atoms with E-state index in [-0.39, 0.29) is 18.1 Å². The number of primary amides is 1. The number of hydrogen-bond acceptors (Lipinski definition) is 6. The van der Waals surface area contributed by atoms with Crippen molar-refractivity contribution in [2.24, 2.45) is 5.73 Å². The maximum Gasteiger partial charge on any atom is 0.255 e. The summed E-state index contributed by atoms with van der Waals surface area (Å²) in [5, 5.41) is 0. The SMILES string of the molecule is COc1ccc(/C=C2\Oc3cc(OCC(N)=O)cc(C)c3C2=O)cc1OC. The standard InChI is InChI=1S/C20H19NO6/c1-11-6-13(26-10-18(21)22)9-16-19(11)20(23)17(27-16)8-12-4-5-14(24-2)15(7-12)25-3/h4-9H,10H2,1-3H3,(H2,21,22)/b17-8-. The van der Waals surface area contributed by atoms with Crippen molar-refractivity contribution in [3.8, 4) is 23.0 Å². The lowest BCUT2D eigenvalue weighted by Gasteiger charge is -2.08. The molecule has 7 nitrogen and oxygen atoms in total. The van der Waals surface area contributed by atoms with Crippen molar-refractivity contribution in [3.63, 3.8) is 0 Å². The van der Waals surface area contributed by atoms with Gasteiger partial charge in [-0.3, -0.25) is 9.59 Å². The molecule has 0 unspecified atom stereocenters. The number of hydrogen-bond donors (Lipinski definition) is 1. The Balaban J connectivity index is 1.91. The van der Waals surface area contributed by atoms with Crippen LogP contribution in [0.2, 0.25) is 0 Å². The van der Waals surface area contributed by atoms with Crippen LogP contribution in [-0.4, -0.2) is 32.5 Å². The Bertz CT molecular complexity index is 948. The Morgan fingerprint density at radius 2 is 1.89 bits per heavy atom. The molecule has 0 saturated heterocycles. The number of amides is 1. The Morgan fingerprint density at radius 1 is 1.15 bits per heavy atom. The molecule has 2 aromatic carbocycles. The third kappa shape index (κ3) is 3.72. The van der Waals surface area contributed by atoms with Crippen LogP contribution in [0.5, 0.6) is 23.0 Å². The van der Waals surface area contributed by atoms with Crippen molar-refractivity contribution >= 4 is 17.8 Å². The first kappa shape index (κ1) is 18.3. The van der Waals surface area contributed by atoms with E-state index in [1.165, 1.54) is 0 Å². The molecule has 2 N–H and O–H groups in total. The second kappa shape index (κ2) is 7.41. The van der Waals surface area contributed by atoms with Gasteiger partial charge in [-0.1, -0.05) is 6.07 Å². The van der Waals surface area contributed by atoms with Crippen LogP contribution in [-0.2, 0) is 4.79 Å². The highest BCUT2D eigenvalue weighted by Gasteiger charge is 2.30. The predicted molar refractivity (Wildman–Crippen MR) is 98.3 cm³/mol. The number of aryl methyl sites for hydroxylation is 1. The number of ketones is 1. The second-order valence-electron chi connectivity index (χ2n) is 5.92. The van der Waals surface area contributed by atoms with Crippen molar-refractivity contribution in [1.29, 1.82) is 0 Å². The van der Waals surface area contributed by atoms with Crippen LogP contribution in [0.25, 0.3) is 6.08 Å². The first-order valence-electron chi connectivity index (χ1n) is 8.15. The van der Waals surface area contributed by atoms with Crippen molar-refractivity contribution in [1.82, 2.24) is 0 Å². The number of Topliss-reactive ketones (excluding diaryl/α,β-unsaturated/α-hetero) is 1. The van der Waals surface area contributed by atoms with Gasteiger partial charge >= 0.3 is 0 Å². The van der Waals surface area contributed by atoms with Gasteiger partial charge < -0.3 is 24.7 Å². The number of ether oxygens (including phenoxy) is 4. The summed E-state index contributed by atoms with van der Waals surface area (Å²) >= 11 is 0. The van der Waals surface area contributed by atoms with E-state index in [1.807, 2.05) is 0 Å². The Morgan fingerprint density at radius 3 is 2.56 bits per heavy atom. The van der Waals surface area contributed by atoms with E-state index in [9.17, 15) is 9.59 Å². The van der Waals surface area contributed by atoms with Crippen LogP contribution < -0.4 is 24.7 Å². The molecule has 0 fully saturated rings. The first-order valence-corrected chi connectivity index (χ1v) is 8.15. The van der Waals surface area contributed by atoms with Crippen LogP contribution in [0.3, 0.4) is 0 Å². The molecule has 0 spiro atoms. The van der Waals surface area contributed by atoms with Crippen LogP contribution in [0.1, 0.15) is 21.5 Å². The number of nitrogens with two attached hydrogens (primary N) is 1. The molecule has 0 aromatic heterocycles. The highest BCUT2D eigenvalue weighted by atomic mass is 16.5. The number of rotatable bonds is 6. The first-order chi connectivity index (χ1) is 12.9. The Labute approximate surface area is 156 Å². The molecule has 140 valence electrons. The molecule has 0 bridgehead atoms. The highest BCUT2D eigenvalue weighted by Crippen LogP contribution is 2.38. The third-order valence-electron chi connectivity index (χ3n) is 4.03. The van der Waals surface area contributed by atoms with Crippen LogP contribution in [0.4, 0.5) is 0 Å². The lowest BCUT2D eigenvalue weighted by Crippen LogP contribution is -2.20. The monoisotopic (exact) mass is 369 g/mol. The molecule has 0 radical (unpaired) electrons. The summed E-state index contributed by atoms with van der Waals surface area (Å²) in [6, 6.07) is 8.53. The smallest absolute Gasteiger partial charge is 0.255 e. The number of methoxy groups -OCH3 is 2. The summed E-state index contributed by atoms with van der Waals surface area (Å²) in [7, 11) is 3.09. The molecular weight excluding hydrogens is 350 g/mol. The zero-order valence-electron chi connectivity index (χ0n) is 15.2. The topological polar surface area (TPSA) is 97.1 Å². The minimum Gasteiger partial charge on any atom is -0.493 e. The van der Waals surface area contributed by atoms with Crippen LogP contribution >= 0.6 is 0 Å². The van der Waals surface area contributed by atoms with E-state index in [0.717, 1.165) is 5.56 Å². The lowest BCUT2D eigenvalue weighted by atomic mass is 10.0. The normalized spacial score (nSPS) is 13.9. The molecule has 1 aliphatic heterocycles. The fraction of sp³-hybridized carbons (Fsp3) is 0.200. The maximum atomic E-state index is 12.7. The Hall–Kier alpha value is -3.48. The van der Waals surface area contributed by atoms with E-state index in [0.29, 0.717) is 34.1 Å². The van der Waals surface area contributed by atoms with Gasteiger partial charge in [-0.05, 0) is 42.3 Å². The van der Waals surface area contributed by atoms with Gasteiger partial charge in [-0.2, -0.15) is 0 Å². The molecule has 1 amide bonds. The number of carbonyl (C=O) groups excluding carboxylic acids is 2. The molecule has 7 heteroatoms. The zero-order chi connectivity index (χ0) is 19.6. The van der Waals surface area contributed by atoms with Gasteiger partial charge in [0.25, 0.3) is 5.91 Å². The van der Waals surface area contributed by atoms with Gasteiger partial charge in [0.05, 0.1) is 19.8 Å². The van der Waals surface area contributed by atoms with Gasteiger partial charge in [-0.25, -0.2) is 0 Å². The second-order valence-corrected chi connectivity index (χ2v) is 5.92.